The second-order valence-electron chi connectivity index (χ2n) is 6.48. The van der Waals surface area contributed by atoms with Gasteiger partial charge < -0.3 is 10.2 Å². The molecular weight excluding hydrogens is 256 g/mol. The highest BCUT2D eigenvalue weighted by molar-refractivity contribution is 5.24. The molecule has 0 amide bonds. The van der Waals surface area contributed by atoms with E-state index in [1.54, 1.807) is 0 Å². The van der Waals surface area contributed by atoms with Crippen molar-refractivity contribution in [3.8, 4) is 0 Å². The zero-order valence-electron chi connectivity index (χ0n) is 14.7. The van der Waals surface area contributed by atoms with Crippen LogP contribution >= 0.6 is 0 Å². The first-order valence-electron chi connectivity index (χ1n) is 8.55. The molecule has 21 heavy (non-hydrogen) atoms. The Morgan fingerprint density at radius 3 is 2.38 bits per heavy atom. The Bertz CT molecular complexity index is 372. The fourth-order valence-corrected chi connectivity index (χ4v) is 2.61. The smallest absolute Gasteiger partial charge is 0.0332 e. The van der Waals surface area contributed by atoms with Crippen molar-refractivity contribution in [1.82, 2.24) is 10.2 Å². The molecule has 0 aliphatic carbocycles. The molecule has 0 saturated heterocycles. The highest BCUT2D eigenvalue weighted by Crippen LogP contribution is 2.18. The lowest BCUT2D eigenvalue weighted by atomic mass is 10.0. The molecule has 2 atom stereocenters. The average Bonchev–Trinajstić information content (AvgIpc) is 2.48. The molecule has 2 heteroatoms. The van der Waals surface area contributed by atoms with Gasteiger partial charge >= 0.3 is 0 Å². The van der Waals surface area contributed by atoms with Crippen molar-refractivity contribution in [2.45, 2.75) is 53.0 Å². The highest BCUT2D eigenvalue weighted by atomic mass is 15.1. The minimum Gasteiger partial charge on any atom is -0.310 e. The van der Waals surface area contributed by atoms with Crippen LogP contribution in [0, 0.1) is 12.8 Å². The minimum atomic E-state index is 0.477. The van der Waals surface area contributed by atoms with E-state index in [0.29, 0.717) is 6.04 Å². The largest absolute Gasteiger partial charge is 0.310 e. The van der Waals surface area contributed by atoms with E-state index in [2.05, 4.69) is 69.2 Å². The Labute approximate surface area is 131 Å². The Morgan fingerprint density at radius 1 is 1.14 bits per heavy atom. The zero-order valence-corrected chi connectivity index (χ0v) is 14.7. The van der Waals surface area contributed by atoms with E-state index in [1.807, 2.05) is 0 Å². The van der Waals surface area contributed by atoms with Crippen LogP contribution < -0.4 is 5.32 Å². The summed E-state index contributed by atoms with van der Waals surface area (Å²) in [5.41, 5.74) is 2.76. The predicted octanol–water partition coefficient (Wildman–Crippen LogP) is 4.40. The molecule has 0 fully saturated rings. The van der Waals surface area contributed by atoms with Gasteiger partial charge in [0.1, 0.15) is 0 Å². The summed E-state index contributed by atoms with van der Waals surface area (Å²) in [6.07, 6.45) is 3.63. The summed E-state index contributed by atoms with van der Waals surface area (Å²) >= 11 is 0. The van der Waals surface area contributed by atoms with E-state index in [-0.39, 0.29) is 0 Å². The first-order chi connectivity index (χ1) is 10.1. The quantitative estimate of drug-likeness (QED) is 0.687. The van der Waals surface area contributed by atoms with Gasteiger partial charge in [-0.05, 0) is 51.4 Å². The van der Waals surface area contributed by atoms with Gasteiger partial charge in [0.25, 0.3) is 0 Å². The maximum atomic E-state index is 3.70. The lowest BCUT2D eigenvalue weighted by Gasteiger charge is -2.25. The van der Waals surface area contributed by atoms with Crippen LogP contribution in [0.5, 0.6) is 0 Å². The summed E-state index contributed by atoms with van der Waals surface area (Å²) in [6.45, 7) is 12.4. The van der Waals surface area contributed by atoms with Gasteiger partial charge in [-0.3, -0.25) is 0 Å². The van der Waals surface area contributed by atoms with Crippen LogP contribution in [0.3, 0.4) is 0 Å². The molecule has 0 spiro atoms. The number of benzene rings is 1. The number of rotatable bonds is 10. The number of nitrogens with zero attached hydrogens (tertiary/aromatic N) is 1. The lowest BCUT2D eigenvalue weighted by molar-refractivity contribution is 0.266. The molecular formula is C19H34N2. The summed E-state index contributed by atoms with van der Waals surface area (Å²) in [5, 5.41) is 3.70. The number of hydrogen-bond donors (Lipinski definition) is 1. The van der Waals surface area contributed by atoms with Gasteiger partial charge in [0, 0.05) is 12.6 Å². The van der Waals surface area contributed by atoms with E-state index in [9.17, 15) is 0 Å². The second kappa shape index (κ2) is 9.97. The summed E-state index contributed by atoms with van der Waals surface area (Å²) < 4.78 is 0. The van der Waals surface area contributed by atoms with Crippen molar-refractivity contribution >= 4 is 0 Å². The van der Waals surface area contributed by atoms with E-state index in [0.717, 1.165) is 19.0 Å². The molecule has 0 radical (unpaired) electrons. The maximum Gasteiger partial charge on any atom is 0.0332 e. The van der Waals surface area contributed by atoms with E-state index < -0.39 is 0 Å². The van der Waals surface area contributed by atoms with Crippen molar-refractivity contribution in [3.63, 3.8) is 0 Å². The van der Waals surface area contributed by atoms with E-state index in [4.69, 9.17) is 0 Å². The van der Waals surface area contributed by atoms with Crippen LogP contribution in [0.4, 0.5) is 0 Å². The topological polar surface area (TPSA) is 15.3 Å². The van der Waals surface area contributed by atoms with Gasteiger partial charge in [0.2, 0.25) is 0 Å². The Morgan fingerprint density at radius 2 is 1.81 bits per heavy atom. The summed E-state index contributed by atoms with van der Waals surface area (Å²) in [7, 11) is 2.25. The van der Waals surface area contributed by atoms with Gasteiger partial charge in [0.15, 0.2) is 0 Å². The van der Waals surface area contributed by atoms with Crippen molar-refractivity contribution in [3.05, 3.63) is 35.4 Å². The number of aryl methyl sites for hydroxylation is 1. The molecule has 0 saturated carbocycles. The molecule has 1 rings (SSSR count). The lowest BCUT2D eigenvalue weighted by Crippen LogP contribution is -2.30. The van der Waals surface area contributed by atoms with Gasteiger partial charge in [0.05, 0.1) is 0 Å². The van der Waals surface area contributed by atoms with Crippen LogP contribution in [0.2, 0.25) is 0 Å². The molecule has 0 aliphatic rings. The maximum absolute atomic E-state index is 3.70. The first-order valence-corrected chi connectivity index (χ1v) is 8.55. The van der Waals surface area contributed by atoms with Crippen molar-refractivity contribution in [2.24, 2.45) is 5.92 Å². The van der Waals surface area contributed by atoms with E-state index >= 15 is 0 Å². The molecule has 0 bridgehead atoms. The third-order valence-corrected chi connectivity index (χ3v) is 4.24. The molecule has 2 nitrogen and oxygen atoms in total. The van der Waals surface area contributed by atoms with Crippen LogP contribution in [-0.4, -0.2) is 31.6 Å². The van der Waals surface area contributed by atoms with Crippen molar-refractivity contribution < 1.29 is 0 Å². The molecule has 1 aromatic rings. The normalized spacial score (nSPS) is 14.4. The Balaban J connectivity index is 2.55. The molecule has 0 aliphatic heterocycles. The third-order valence-electron chi connectivity index (χ3n) is 4.24. The third kappa shape index (κ3) is 7.10. The fraction of sp³-hybridized carbons (Fsp3) is 0.684. The molecule has 1 aromatic carbocycles. The molecule has 0 aromatic heterocycles. The minimum absolute atomic E-state index is 0.477. The summed E-state index contributed by atoms with van der Waals surface area (Å²) in [6, 6.07) is 9.47. The highest BCUT2D eigenvalue weighted by Gasteiger charge is 2.12. The molecule has 1 N–H and O–H groups in total. The van der Waals surface area contributed by atoms with Gasteiger partial charge in [-0.25, -0.2) is 0 Å². The molecule has 120 valence electrons. The predicted molar refractivity (Wildman–Crippen MR) is 93.8 cm³/mol. The number of nitrogens with one attached hydrogen (secondary N) is 1. The monoisotopic (exact) mass is 290 g/mol. The standard InChI is InChI=1S/C19H34N2/c1-6-13-20-19(18-10-8-17(4)9-11-18)12-14-21(5)15-16(3)7-2/h8-11,16,19-20H,6-7,12-15H2,1-5H3. The average molecular weight is 290 g/mol. The molecule has 0 heterocycles. The van der Waals surface area contributed by atoms with Gasteiger partial charge in [-0.2, -0.15) is 0 Å². The summed E-state index contributed by atoms with van der Waals surface area (Å²) in [5.74, 6) is 0.788. The van der Waals surface area contributed by atoms with Gasteiger partial charge in [-0.15, -0.1) is 0 Å². The van der Waals surface area contributed by atoms with Crippen molar-refractivity contribution in [1.29, 1.82) is 0 Å². The second-order valence-corrected chi connectivity index (χ2v) is 6.48. The Kier molecular flexibility index (Phi) is 8.63. The van der Waals surface area contributed by atoms with Gasteiger partial charge in [-0.1, -0.05) is 57.0 Å². The van der Waals surface area contributed by atoms with Crippen LogP contribution in [-0.2, 0) is 0 Å². The van der Waals surface area contributed by atoms with Crippen molar-refractivity contribution in [2.75, 3.05) is 26.7 Å². The van der Waals surface area contributed by atoms with Crippen LogP contribution in [0.1, 0.15) is 57.2 Å². The van der Waals surface area contributed by atoms with Crippen LogP contribution in [0.15, 0.2) is 24.3 Å². The zero-order chi connectivity index (χ0) is 15.7. The first kappa shape index (κ1) is 18.2. The fourth-order valence-electron chi connectivity index (χ4n) is 2.61. The number of hydrogen-bond acceptors (Lipinski definition) is 2. The van der Waals surface area contributed by atoms with E-state index in [1.165, 1.54) is 36.9 Å². The SMILES string of the molecule is CCCNC(CCN(C)CC(C)CC)c1ccc(C)cc1. The van der Waals surface area contributed by atoms with Crippen LogP contribution in [0.25, 0.3) is 0 Å². The molecule has 2 unspecified atom stereocenters. The Hall–Kier alpha value is -0.860. The summed E-state index contributed by atoms with van der Waals surface area (Å²) in [4.78, 5) is 2.48.